The fourth-order valence-electron chi connectivity index (χ4n) is 0.644. The number of carbonyl (C=O) groups excluding carboxylic acids is 1. The summed E-state index contributed by atoms with van der Waals surface area (Å²) in [6, 6.07) is 2.57. The predicted molar refractivity (Wildman–Crippen MR) is 66.1 cm³/mol. The lowest BCUT2D eigenvalue weighted by atomic mass is 10.1. The first kappa shape index (κ1) is 17.0. The first-order chi connectivity index (χ1) is 7.72. The van der Waals surface area contributed by atoms with Crippen molar-refractivity contribution in [2.75, 3.05) is 5.32 Å². The Labute approximate surface area is 97.9 Å². The van der Waals surface area contributed by atoms with Gasteiger partial charge in [0.1, 0.15) is 11.6 Å². The molecule has 0 unspecified atom stereocenters. The molecular formula is C11H18BFN2O. The van der Waals surface area contributed by atoms with Crippen LogP contribution in [0.15, 0.2) is 18.3 Å². The second-order valence-corrected chi connectivity index (χ2v) is 2.11. The van der Waals surface area contributed by atoms with Crippen molar-refractivity contribution in [2.24, 2.45) is 0 Å². The molecule has 1 rings (SSSR count). The van der Waals surface area contributed by atoms with Crippen LogP contribution >= 0.6 is 0 Å². The minimum atomic E-state index is -0.444. The van der Waals surface area contributed by atoms with Crippen molar-refractivity contribution in [1.82, 2.24) is 4.98 Å². The van der Waals surface area contributed by atoms with E-state index < -0.39 is 5.82 Å². The Kier molecular flexibility index (Phi) is 12.4. The zero-order valence-electron chi connectivity index (χ0n) is 10.2. The van der Waals surface area contributed by atoms with E-state index in [2.05, 4.69) is 10.3 Å². The van der Waals surface area contributed by atoms with Crippen LogP contribution < -0.4 is 5.32 Å². The quantitative estimate of drug-likeness (QED) is 0.784. The van der Waals surface area contributed by atoms with Crippen LogP contribution in [0.2, 0.25) is 6.32 Å². The Morgan fingerprint density at radius 3 is 2.31 bits per heavy atom. The van der Waals surface area contributed by atoms with Gasteiger partial charge in [-0.3, -0.25) is 4.79 Å². The number of rotatable bonds is 2. The number of carbonyl (C=O) groups is 1. The van der Waals surface area contributed by atoms with Gasteiger partial charge in [-0.05, 0) is 18.5 Å². The molecule has 0 saturated heterocycles. The number of aromatic nitrogens is 1. The third-order valence-corrected chi connectivity index (χ3v) is 1.18. The lowest BCUT2D eigenvalue weighted by Crippen LogP contribution is -2.11. The van der Waals surface area contributed by atoms with Crippen LogP contribution in [0.25, 0.3) is 0 Å². The average molecular weight is 224 g/mol. The second kappa shape index (κ2) is 11.7. The molecule has 0 fully saturated rings. The van der Waals surface area contributed by atoms with Crippen LogP contribution in [0.5, 0.6) is 0 Å². The number of anilines is 1. The summed E-state index contributed by atoms with van der Waals surface area (Å²) in [5.74, 6) is -0.498. The topological polar surface area (TPSA) is 42.0 Å². The van der Waals surface area contributed by atoms with Crippen LogP contribution in [-0.2, 0) is 4.79 Å². The molecule has 1 aromatic heterocycles. The van der Waals surface area contributed by atoms with Crippen LogP contribution in [0.3, 0.4) is 0 Å². The zero-order valence-corrected chi connectivity index (χ0v) is 10.2. The van der Waals surface area contributed by atoms with E-state index in [1.54, 1.807) is 0 Å². The molecule has 0 atom stereocenters. The van der Waals surface area contributed by atoms with E-state index in [-0.39, 0.29) is 12.2 Å². The van der Waals surface area contributed by atoms with Crippen LogP contribution in [0.4, 0.5) is 10.2 Å². The molecule has 16 heavy (non-hydrogen) atoms. The molecule has 0 aromatic carbocycles. The van der Waals surface area contributed by atoms with E-state index in [0.29, 0.717) is 5.82 Å². The second-order valence-electron chi connectivity index (χ2n) is 2.11. The molecule has 1 N–H and O–H groups in total. The summed E-state index contributed by atoms with van der Waals surface area (Å²) < 4.78 is 12.3. The van der Waals surface area contributed by atoms with Crippen molar-refractivity contribution in [3.63, 3.8) is 0 Å². The summed E-state index contributed by atoms with van der Waals surface area (Å²) in [6.07, 6.45) is 0.908. The molecule has 0 aliphatic carbocycles. The summed E-state index contributed by atoms with van der Waals surface area (Å²) in [5, 5.41) is 2.38. The fraction of sp³-hybridized carbons (Fsp3) is 0.455. The van der Waals surface area contributed by atoms with E-state index in [1.165, 1.54) is 12.1 Å². The van der Waals surface area contributed by atoms with Crippen LogP contribution in [0.1, 0.15) is 27.7 Å². The number of nitrogens with one attached hydrogen (secondary N) is 1. The summed E-state index contributed by atoms with van der Waals surface area (Å²) in [6.45, 7) is 8.00. The molecule has 0 aliphatic rings. The van der Waals surface area contributed by atoms with E-state index in [4.69, 9.17) is 7.85 Å². The maximum atomic E-state index is 12.3. The molecule has 0 bridgehead atoms. The van der Waals surface area contributed by atoms with Crippen LogP contribution in [-0.4, -0.2) is 18.7 Å². The smallest absolute Gasteiger partial charge is 0.216 e. The van der Waals surface area contributed by atoms with E-state index in [0.717, 1.165) is 6.20 Å². The van der Waals surface area contributed by atoms with Gasteiger partial charge in [0, 0.05) is 0 Å². The lowest BCUT2D eigenvalue weighted by molar-refractivity contribution is -0.114. The third-order valence-electron chi connectivity index (χ3n) is 1.18. The summed E-state index contributed by atoms with van der Waals surface area (Å²) in [7, 11) is 5.04. The number of amides is 1. The minimum Gasteiger partial charge on any atom is -0.311 e. The van der Waals surface area contributed by atoms with E-state index in [9.17, 15) is 9.18 Å². The van der Waals surface area contributed by atoms with Gasteiger partial charge in [0.15, 0.2) is 0 Å². The van der Waals surface area contributed by atoms with Crippen molar-refractivity contribution >= 4 is 19.6 Å². The van der Waals surface area contributed by atoms with Gasteiger partial charge < -0.3 is 5.32 Å². The van der Waals surface area contributed by atoms with Gasteiger partial charge >= 0.3 is 0 Å². The fourth-order valence-corrected chi connectivity index (χ4v) is 0.644. The Balaban J connectivity index is 0. The van der Waals surface area contributed by atoms with Gasteiger partial charge in [-0.15, -0.1) is 0 Å². The molecule has 5 heteroatoms. The van der Waals surface area contributed by atoms with E-state index in [1.807, 2.05) is 27.7 Å². The number of halogens is 1. The zero-order chi connectivity index (χ0) is 13.0. The van der Waals surface area contributed by atoms with Crippen molar-refractivity contribution in [2.45, 2.75) is 34.0 Å². The maximum Gasteiger partial charge on any atom is 0.216 e. The van der Waals surface area contributed by atoms with Crippen molar-refractivity contribution in [1.29, 1.82) is 0 Å². The predicted octanol–water partition coefficient (Wildman–Crippen LogP) is 2.80. The van der Waals surface area contributed by atoms with Gasteiger partial charge in [0.2, 0.25) is 5.91 Å². The van der Waals surface area contributed by atoms with Gasteiger partial charge in [0.25, 0.3) is 0 Å². The van der Waals surface area contributed by atoms with Crippen molar-refractivity contribution < 1.29 is 9.18 Å². The highest BCUT2D eigenvalue weighted by Gasteiger charge is 1.98. The van der Waals surface area contributed by atoms with Gasteiger partial charge in [-0.1, -0.05) is 27.7 Å². The molecule has 3 nitrogen and oxygen atoms in total. The SMILES string of the molecule is CC.CC.[B]CC(=O)Nc1ccc(F)cn1. The molecule has 88 valence electrons. The maximum absolute atomic E-state index is 12.3. The molecule has 1 aromatic rings. The molecule has 1 heterocycles. The minimum absolute atomic E-state index is 0.112. The number of pyridine rings is 1. The Hall–Kier alpha value is -1.39. The van der Waals surface area contributed by atoms with Gasteiger partial charge in [-0.25, -0.2) is 9.37 Å². The standard InChI is InChI=1S/C7H6BFN2O.2C2H6/c8-3-7(12)11-6-2-1-5(9)4-10-6;2*1-2/h1-2,4H,3H2,(H,10,11,12);2*1-2H3. The first-order valence-electron chi connectivity index (χ1n) is 5.34. The largest absolute Gasteiger partial charge is 0.311 e. The molecule has 0 aliphatic heterocycles. The third kappa shape index (κ3) is 7.97. The first-order valence-corrected chi connectivity index (χ1v) is 5.34. The normalized spacial score (nSPS) is 7.81. The molecule has 0 spiro atoms. The number of hydrogen-bond donors (Lipinski definition) is 1. The van der Waals surface area contributed by atoms with E-state index >= 15 is 0 Å². The highest BCUT2D eigenvalue weighted by Crippen LogP contribution is 2.03. The molecule has 0 saturated carbocycles. The number of nitrogens with zero attached hydrogens (tertiary/aromatic N) is 1. The number of hydrogen-bond acceptors (Lipinski definition) is 2. The van der Waals surface area contributed by atoms with Crippen molar-refractivity contribution in [3.05, 3.63) is 24.1 Å². The Morgan fingerprint density at radius 2 is 1.94 bits per heavy atom. The average Bonchev–Trinajstić information content (AvgIpc) is 2.37. The Morgan fingerprint density at radius 1 is 1.38 bits per heavy atom. The highest BCUT2D eigenvalue weighted by atomic mass is 19.1. The van der Waals surface area contributed by atoms with Gasteiger partial charge in [0.05, 0.1) is 14.0 Å². The van der Waals surface area contributed by atoms with Crippen molar-refractivity contribution in [3.8, 4) is 0 Å². The summed E-state index contributed by atoms with van der Waals surface area (Å²) in [5.41, 5.74) is 0. The lowest BCUT2D eigenvalue weighted by Gasteiger charge is -2.00. The molecule has 2 radical (unpaired) electrons. The highest BCUT2D eigenvalue weighted by molar-refractivity contribution is 6.22. The monoisotopic (exact) mass is 224 g/mol. The summed E-state index contributed by atoms with van der Waals surface area (Å²) in [4.78, 5) is 14.3. The molecular weight excluding hydrogens is 206 g/mol. The van der Waals surface area contributed by atoms with Gasteiger partial charge in [-0.2, -0.15) is 0 Å². The van der Waals surface area contributed by atoms with Crippen LogP contribution in [0, 0.1) is 5.82 Å². The molecule has 1 amide bonds. The Bertz CT molecular complexity index is 278. The summed E-state index contributed by atoms with van der Waals surface area (Å²) >= 11 is 0.